The van der Waals surface area contributed by atoms with Gasteiger partial charge in [0.05, 0.1) is 5.69 Å². The Kier molecular flexibility index (Phi) is 3.53. The van der Waals surface area contributed by atoms with E-state index in [1.165, 1.54) is 35.2 Å². The summed E-state index contributed by atoms with van der Waals surface area (Å²) in [5.41, 5.74) is 0.683. The highest BCUT2D eigenvalue weighted by atomic mass is 32.2. The molecular formula is C14H12FN3O3S. The first-order valence-corrected chi connectivity index (χ1v) is 8.01. The number of oxazole rings is 1. The molecule has 6 nitrogen and oxygen atoms in total. The summed E-state index contributed by atoms with van der Waals surface area (Å²) in [4.78, 5) is 7.92. The maximum atomic E-state index is 13.2. The quantitative estimate of drug-likeness (QED) is 0.736. The summed E-state index contributed by atoms with van der Waals surface area (Å²) in [5, 5.41) is -0.0391. The van der Waals surface area contributed by atoms with Crippen LogP contribution in [0.2, 0.25) is 0 Å². The van der Waals surface area contributed by atoms with Gasteiger partial charge in [-0.15, -0.1) is 0 Å². The van der Waals surface area contributed by atoms with Gasteiger partial charge in [-0.3, -0.25) is 0 Å². The highest BCUT2D eigenvalue weighted by Crippen LogP contribution is 2.21. The van der Waals surface area contributed by atoms with Gasteiger partial charge < -0.3 is 8.98 Å². The molecule has 0 bridgehead atoms. The van der Waals surface area contributed by atoms with E-state index in [9.17, 15) is 12.8 Å². The van der Waals surface area contributed by atoms with Crippen molar-refractivity contribution in [2.75, 3.05) is 0 Å². The largest absolute Gasteiger partial charge is 0.444 e. The van der Waals surface area contributed by atoms with Crippen LogP contribution >= 0.6 is 0 Å². The number of rotatable bonds is 4. The summed E-state index contributed by atoms with van der Waals surface area (Å²) in [7, 11) is -2.02. The molecule has 0 aliphatic carbocycles. The van der Waals surface area contributed by atoms with Crippen LogP contribution in [0.25, 0.3) is 11.5 Å². The van der Waals surface area contributed by atoms with Gasteiger partial charge in [-0.05, 0) is 18.2 Å². The van der Waals surface area contributed by atoms with Crippen LogP contribution in [-0.4, -0.2) is 23.0 Å². The second-order valence-electron chi connectivity index (χ2n) is 4.73. The van der Waals surface area contributed by atoms with E-state index in [4.69, 9.17) is 4.42 Å². The smallest absolute Gasteiger partial charge is 0.227 e. The number of hydrogen-bond acceptors (Lipinski definition) is 5. The molecule has 0 N–H and O–H groups in total. The summed E-state index contributed by atoms with van der Waals surface area (Å²) in [6.45, 7) is 0. The number of halogens is 1. The molecule has 0 radical (unpaired) electrons. The van der Waals surface area contributed by atoms with Crippen molar-refractivity contribution in [1.82, 2.24) is 14.5 Å². The number of aryl methyl sites for hydroxylation is 1. The first-order valence-electron chi connectivity index (χ1n) is 6.36. The molecular weight excluding hydrogens is 309 g/mol. The van der Waals surface area contributed by atoms with Crippen molar-refractivity contribution in [3.05, 3.63) is 54.4 Å². The molecule has 0 aliphatic heterocycles. The number of sulfone groups is 1. The van der Waals surface area contributed by atoms with Crippen molar-refractivity contribution in [3.8, 4) is 11.5 Å². The molecule has 2 aromatic heterocycles. The summed E-state index contributed by atoms with van der Waals surface area (Å²) in [5.74, 6) is -0.584. The summed E-state index contributed by atoms with van der Waals surface area (Å²) in [6.07, 6.45) is 4.21. The third-order valence-corrected chi connectivity index (χ3v) is 4.64. The van der Waals surface area contributed by atoms with Crippen LogP contribution in [0, 0.1) is 5.82 Å². The van der Waals surface area contributed by atoms with Gasteiger partial charge >= 0.3 is 0 Å². The Hall–Kier alpha value is -2.48. The van der Waals surface area contributed by atoms with E-state index in [1.54, 1.807) is 19.3 Å². The van der Waals surface area contributed by atoms with Crippen molar-refractivity contribution in [2.45, 2.75) is 10.9 Å². The number of imidazole rings is 1. The van der Waals surface area contributed by atoms with Gasteiger partial charge in [0, 0.05) is 25.0 Å². The molecule has 3 rings (SSSR count). The zero-order valence-electron chi connectivity index (χ0n) is 11.6. The Labute approximate surface area is 126 Å². The van der Waals surface area contributed by atoms with Crippen molar-refractivity contribution < 1.29 is 17.2 Å². The van der Waals surface area contributed by atoms with Gasteiger partial charge in [0.2, 0.25) is 20.9 Å². The molecule has 22 heavy (non-hydrogen) atoms. The maximum absolute atomic E-state index is 13.2. The average Bonchev–Trinajstić information content (AvgIpc) is 3.07. The lowest BCUT2D eigenvalue weighted by molar-refractivity contribution is 0.568. The summed E-state index contributed by atoms with van der Waals surface area (Å²) >= 11 is 0. The third kappa shape index (κ3) is 2.77. The lowest BCUT2D eigenvalue weighted by Crippen LogP contribution is -2.11. The molecule has 0 saturated carbocycles. The van der Waals surface area contributed by atoms with Crippen LogP contribution < -0.4 is 0 Å². The van der Waals surface area contributed by atoms with Gasteiger partial charge in [-0.1, -0.05) is 6.07 Å². The minimum Gasteiger partial charge on any atom is -0.444 e. The van der Waals surface area contributed by atoms with Crippen molar-refractivity contribution in [2.24, 2.45) is 7.05 Å². The van der Waals surface area contributed by atoms with E-state index < -0.39 is 15.7 Å². The number of hydrogen-bond donors (Lipinski definition) is 0. The predicted molar refractivity (Wildman–Crippen MR) is 76.0 cm³/mol. The Balaban J connectivity index is 1.88. The topological polar surface area (TPSA) is 78.0 Å². The minimum atomic E-state index is -3.62. The number of nitrogens with zero attached hydrogens (tertiary/aromatic N) is 3. The number of benzene rings is 1. The summed E-state index contributed by atoms with van der Waals surface area (Å²) < 4.78 is 44.4. The number of aromatic nitrogens is 3. The monoisotopic (exact) mass is 321 g/mol. The van der Waals surface area contributed by atoms with Crippen LogP contribution in [0.3, 0.4) is 0 Å². The zero-order chi connectivity index (χ0) is 15.7. The standard InChI is InChI=1S/C14H12FN3O3S/c1-18-6-5-16-14(18)22(19,20)9-12-8-21-13(17-12)10-3-2-4-11(15)7-10/h2-8H,9H2,1H3. The fraction of sp³-hybridized carbons (Fsp3) is 0.143. The molecule has 0 amide bonds. The van der Waals surface area contributed by atoms with Gasteiger partial charge in [0.25, 0.3) is 0 Å². The van der Waals surface area contributed by atoms with Crippen LogP contribution in [0.1, 0.15) is 5.69 Å². The Morgan fingerprint density at radius 3 is 2.86 bits per heavy atom. The normalized spacial score (nSPS) is 11.7. The van der Waals surface area contributed by atoms with Gasteiger partial charge in [0.15, 0.2) is 0 Å². The first kappa shape index (κ1) is 14.5. The van der Waals surface area contributed by atoms with E-state index in [0.29, 0.717) is 5.56 Å². The highest BCUT2D eigenvalue weighted by molar-refractivity contribution is 7.90. The SMILES string of the molecule is Cn1ccnc1S(=O)(=O)Cc1coc(-c2cccc(F)c2)n1. The van der Waals surface area contributed by atoms with Gasteiger partial charge in [-0.25, -0.2) is 22.8 Å². The molecule has 2 heterocycles. The van der Waals surface area contributed by atoms with Crippen LogP contribution in [0.5, 0.6) is 0 Å². The lowest BCUT2D eigenvalue weighted by Gasteiger charge is -2.01. The van der Waals surface area contributed by atoms with E-state index in [-0.39, 0.29) is 22.5 Å². The lowest BCUT2D eigenvalue weighted by atomic mass is 10.2. The van der Waals surface area contributed by atoms with Crippen molar-refractivity contribution >= 4 is 9.84 Å². The second-order valence-corrected chi connectivity index (χ2v) is 6.62. The van der Waals surface area contributed by atoms with E-state index in [1.807, 2.05) is 0 Å². The van der Waals surface area contributed by atoms with Crippen molar-refractivity contribution in [1.29, 1.82) is 0 Å². The molecule has 1 aromatic carbocycles. The van der Waals surface area contributed by atoms with E-state index >= 15 is 0 Å². The molecule has 0 unspecified atom stereocenters. The molecule has 0 aliphatic rings. The van der Waals surface area contributed by atoms with Gasteiger partial charge in [0.1, 0.15) is 17.8 Å². The van der Waals surface area contributed by atoms with E-state index in [2.05, 4.69) is 9.97 Å². The predicted octanol–water partition coefficient (Wildman–Crippen LogP) is 2.19. The fourth-order valence-electron chi connectivity index (χ4n) is 2.04. The molecule has 0 spiro atoms. The van der Waals surface area contributed by atoms with Crippen LogP contribution in [-0.2, 0) is 22.6 Å². The van der Waals surface area contributed by atoms with E-state index in [0.717, 1.165) is 0 Å². The second kappa shape index (κ2) is 5.38. The molecule has 0 atom stereocenters. The zero-order valence-corrected chi connectivity index (χ0v) is 12.4. The fourth-order valence-corrected chi connectivity index (χ4v) is 3.41. The Morgan fingerprint density at radius 2 is 2.18 bits per heavy atom. The molecule has 0 fully saturated rings. The molecule has 8 heteroatoms. The maximum Gasteiger partial charge on any atom is 0.227 e. The van der Waals surface area contributed by atoms with Gasteiger partial charge in [-0.2, -0.15) is 0 Å². The average molecular weight is 321 g/mol. The Morgan fingerprint density at radius 1 is 1.36 bits per heavy atom. The van der Waals surface area contributed by atoms with Crippen molar-refractivity contribution in [3.63, 3.8) is 0 Å². The summed E-state index contributed by atoms with van der Waals surface area (Å²) in [6, 6.07) is 5.73. The highest BCUT2D eigenvalue weighted by Gasteiger charge is 2.22. The molecule has 3 aromatic rings. The Bertz CT molecular complexity index is 915. The third-order valence-electron chi connectivity index (χ3n) is 3.02. The van der Waals surface area contributed by atoms with Crippen LogP contribution in [0.15, 0.2) is 52.5 Å². The van der Waals surface area contributed by atoms with Crippen LogP contribution in [0.4, 0.5) is 4.39 Å². The molecule has 0 saturated heterocycles. The molecule has 114 valence electrons. The first-order chi connectivity index (χ1) is 10.5. The minimum absolute atomic E-state index is 0.0391.